The van der Waals surface area contributed by atoms with E-state index in [2.05, 4.69) is 79.1 Å². The highest BCUT2D eigenvalue weighted by Crippen LogP contribution is 2.42. The van der Waals surface area contributed by atoms with Crippen LogP contribution in [0.1, 0.15) is 232 Å². The lowest BCUT2D eigenvalue weighted by Gasteiger charge is -2.19. The lowest BCUT2D eigenvalue weighted by atomic mass is 10.0. The van der Waals surface area contributed by atoms with Gasteiger partial charge in [-0.1, -0.05) is 203 Å². The third kappa shape index (κ3) is 47.1. The standard InChI is InChI=1S/C52H93O8P/c1-4-6-8-10-12-14-16-18-20-22-24-25-26-27-29-31-33-35-37-39-41-43-45-47-52(54)60-50(49-59-61(55,56)57-3)48-58-51(53)46-44-42-40-38-36-34-32-30-28-23-21-19-17-15-13-11-9-7-5-2/h6,8,12,14,18-21,24-25,50H,4-5,7,9-11,13,15-17,22-23,26-49H2,1-3H3,(H,55,56)/b8-6-,14-12-,20-18-,21-19-,25-24-. The molecule has 0 rings (SSSR count). The van der Waals surface area contributed by atoms with Crippen molar-refractivity contribution >= 4 is 19.8 Å². The fraction of sp³-hybridized carbons (Fsp3) is 0.769. The van der Waals surface area contributed by atoms with Crippen molar-refractivity contribution in [1.82, 2.24) is 0 Å². The summed E-state index contributed by atoms with van der Waals surface area (Å²) in [4.78, 5) is 34.6. The molecule has 2 atom stereocenters. The number of allylic oxidation sites excluding steroid dienone is 10. The van der Waals surface area contributed by atoms with Crippen molar-refractivity contribution in [3.05, 3.63) is 60.8 Å². The molecule has 0 radical (unpaired) electrons. The minimum Gasteiger partial charge on any atom is -0.462 e. The smallest absolute Gasteiger partial charge is 0.462 e. The molecule has 8 nitrogen and oxygen atoms in total. The summed E-state index contributed by atoms with van der Waals surface area (Å²) in [5.41, 5.74) is 0. The first-order valence-corrected chi connectivity index (χ1v) is 26.5. The fourth-order valence-electron chi connectivity index (χ4n) is 6.94. The van der Waals surface area contributed by atoms with E-state index in [-0.39, 0.29) is 25.4 Å². The van der Waals surface area contributed by atoms with Gasteiger partial charge in [-0.25, -0.2) is 4.57 Å². The number of unbranched alkanes of at least 4 members (excludes halogenated alkanes) is 25. The van der Waals surface area contributed by atoms with E-state index < -0.39 is 26.5 Å². The van der Waals surface area contributed by atoms with Gasteiger partial charge in [0, 0.05) is 20.0 Å². The van der Waals surface area contributed by atoms with Gasteiger partial charge < -0.3 is 14.4 Å². The van der Waals surface area contributed by atoms with Crippen molar-refractivity contribution in [3.63, 3.8) is 0 Å². The van der Waals surface area contributed by atoms with Gasteiger partial charge in [-0.3, -0.25) is 18.6 Å². The number of phosphoric ester groups is 1. The van der Waals surface area contributed by atoms with E-state index in [0.717, 1.165) is 77.7 Å². The molecule has 0 aliphatic carbocycles. The molecule has 0 spiro atoms. The molecule has 0 saturated heterocycles. The first-order valence-electron chi connectivity index (χ1n) is 25.0. The van der Waals surface area contributed by atoms with Crippen LogP contribution in [0, 0.1) is 0 Å². The maximum absolute atomic E-state index is 12.6. The lowest BCUT2D eigenvalue weighted by molar-refractivity contribution is -0.161. The molecule has 354 valence electrons. The molecule has 9 heteroatoms. The summed E-state index contributed by atoms with van der Waals surface area (Å²) in [7, 11) is -3.21. The lowest BCUT2D eigenvalue weighted by Crippen LogP contribution is -2.29. The number of carbonyl (C=O) groups is 2. The van der Waals surface area contributed by atoms with Crippen LogP contribution < -0.4 is 0 Å². The van der Waals surface area contributed by atoms with Crippen LogP contribution in [0.25, 0.3) is 0 Å². The number of rotatable bonds is 46. The fourth-order valence-corrected chi connectivity index (χ4v) is 7.40. The summed E-state index contributed by atoms with van der Waals surface area (Å²) >= 11 is 0. The molecular formula is C52H93O8P. The molecule has 2 unspecified atom stereocenters. The Morgan fingerprint density at radius 1 is 0.475 bits per heavy atom. The molecule has 0 aromatic carbocycles. The zero-order valence-electron chi connectivity index (χ0n) is 39.6. The summed E-state index contributed by atoms with van der Waals surface area (Å²) in [6.45, 7) is 3.79. The van der Waals surface area contributed by atoms with E-state index in [0.29, 0.717) is 6.42 Å². The Hall–Kier alpha value is -2.25. The summed E-state index contributed by atoms with van der Waals surface area (Å²) in [6, 6.07) is 0. The minimum atomic E-state index is -4.27. The molecule has 61 heavy (non-hydrogen) atoms. The average molecular weight is 877 g/mol. The van der Waals surface area contributed by atoms with Crippen LogP contribution in [-0.2, 0) is 32.7 Å². The van der Waals surface area contributed by atoms with Crippen molar-refractivity contribution in [2.45, 2.75) is 238 Å². The summed E-state index contributed by atoms with van der Waals surface area (Å²) in [5.74, 6) is -0.807. The van der Waals surface area contributed by atoms with Gasteiger partial charge in [-0.2, -0.15) is 0 Å². The SMILES string of the molecule is CC/C=C\C/C=C\C/C=C\C/C=C\CCCCCCCCCCCCC(=O)OC(COC(=O)CCCCCCCCCCC/C=C\CCCCCCCC)COP(=O)(O)OC. The van der Waals surface area contributed by atoms with Crippen molar-refractivity contribution < 1.29 is 37.6 Å². The molecule has 0 heterocycles. The summed E-state index contributed by atoms with van der Waals surface area (Å²) < 4.78 is 32.1. The van der Waals surface area contributed by atoms with Gasteiger partial charge in [0.2, 0.25) is 0 Å². The molecule has 0 amide bonds. The number of phosphoric acid groups is 1. The normalized spacial score (nSPS) is 13.7. The Labute approximate surface area is 375 Å². The maximum atomic E-state index is 12.6. The van der Waals surface area contributed by atoms with Crippen LogP contribution in [0.2, 0.25) is 0 Å². The molecule has 0 aliphatic rings. The second-order valence-electron chi connectivity index (χ2n) is 16.6. The van der Waals surface area contributed by atoms with Gasteiger partial charge >= 0.3 is 19.8 Å². The third-order valence-electron chi connectivity index (χ3n) is 10.7. The van der Waals surface area contributed by atoms with Crippen molar-refractivity contribution in [3.8, 4) is 0 Å². The van der Waals surface area contributed by atoms with Gasteiger partial charge in [-0.05, 0) is 77.0 Å². The molecule has 0 fully saturated rings. The molecule has 0 aliphatic heterocycles. The topological polar surface area (TPSA) is 108 Å². The Morgan fingerprint density at radius 2 is 0.836 bits per heavy atom. The molecule has 0 aromatic heterocycles. The molecule has 0 aromatic rings. The Balaban J connectivity index is 3.92. The Morgan fingerprint density at radius 3 is 1.26 bits per heavy atom. The Kier molecular flexibility index (Phi) is 45.5. The number of carbonyl (C=O) groups excluding carboxylic acids is 2. The molecule has 1 N–H and O–H groups in total. The Bertz CT molecular complexity index is 1180. The zero-order valence-corrected chi connectivity index (χ0v) is 40.5. The van der Waals surface area contributed by atoms with Crippen LogP contribution in [-0.4, -0.2) is 43.3 Å². The quantitative estimate of drug-likeness (QED) is 0.0279. The van der Waals surface area contributed by atoms with Gasteiger partial charge in [0.1, 0.15) is 6.61 Å². The van der Waals surface area contributed by atoms with Gasteiger partial charge in [0.05, 0.1) is 6.61 Å². The monoisotopic (exact) mass is 877 g/mol. The van der Waals surface area contributed by atoms with Crippen LogP contribution in [0.3, 0.4) is 0 Å². The van der Waals surface area contributed by atoms with Crippen molar-refractivity contribution in [1.29, 1.82) is 0 Å². The second-order valence-corrected chi connectivity index (χ2v) is 18.1. The van der Waals surface area contributed by atoms with E-state index in [1.807, 2.05) is 0 Å². The largest absolute Gasteiger partial charge is 0.472 e. The first kappa shape index (κ1) is 58.8. The van der Waals surface area contributed by atoms with Crippen LogP contribution in [0.5, 0.6) is 0 Å². The molecular weight excluding hydrogens is 784 g/mol. The van der Waals surface area contributed by atoms with Crippen LogP contribution >= 0.6 is 7.82 Å². The van der Waals surface area contributed by atoms with Crippen molar-refractivity contribution in [2.75, 3.05) is 20.3 Å². The van der Waals surface area contributed by atoms with Crippen molar-refractivity contribution in [2.24, 2.45) is 0 Å². The van der Waals surface area contributed by atoms with Crippen LogP contribution in [0.15, 0.2) is 60.8 Å². The summed E-state index contributed by atoms with van der Waals surface area (Å²) in [5, 5.41) is 0. The van der Waals surface area contributed by atoms with Gasteiger partial charge in [0.15, 0.2) is 6.10 Å². The third-order valence-corrected chi connectivity index (χ3v) is 11.7. The highest BCUT2D eigenvalue weighted by Gasteiger charge is 2.24. The second kappa shape index (κ2) is 47.2. The first-order chi connectivity index (χ1) is 29.8. The van der Waals surface area contributed by atoms with E-state index in [1.165, 1.54) is 128 Å². The number of hydrogen-bond donors (Lipinski definition) is 1. The zero-order chi connectivity index (χ0) is 44.6. The summed E-state index contributed by atoms with van der Waals surface area (Å²) in [6.07, 6.45) is 59.9. The molecule has 0 bridgehead atoms. The highest BCUT2D eigenvalue weighted by molar-refractivity contribution is 7.47. The van der Waals surface area contributed by atoms with Gasteiger partial charge in [0.25, 0.3) is 0 Å². The van der Waals surface area contributed by atoms with E-state index in [4.69, 9.17) is 14.0 Å². The van der Waals surface area contributed by atoms with E-state index in [1.54, 1.807) is 0 Å². The highest BCUT2D eigenvalue weighted by atomic mass is 31.2. The van der Waals surface area contributed by atoms with Crippen LogP contribution in [0.4, 0.5) is 0 Å². The predicted octanol–water partition coefficient (Wildman–Crippen LogP) is 16.3. The van der Waals surface area contributed by atoms with E-state index in [9.17, 15) is 19.0 Å². The number of esters is 2. The van der Waals surface area contributed by atoms with Gasteiger partial charge in [-0.15, -0.1) is 0 Å². The number of hydrogen-bond acceptors (Lipinski definition) is 7. The molecule has 0 saturated carbocycles. The van der Waals surface area contributed by atoms with E-state index >= 15 is 0 Å². The minimum absolute atomic E-state index is 0.229. The predicted molar refractivity (Wildman–Crippen MR) is 258 cm³/mol. The maximum Gasteiger partial charge on any atom is 0.472 e. The number of ether oxygens (including phenoxy) is 2. The average Bonchev–Trinajstić information content (AvgIpc) is 3.25.